The number of aryl methyl sites for hydroxylation is 1. The molecule has 0 unspecified atom stereocenters. The average molecular weight is 220 g/mol. The van der Waals surface area contributed by atoms with Gasteiger partial charge in [-0.3, -0.25) is 0 Å². The predicted octanol–water partition coefficient (Wildman–Crippen LogP) is 1.77. The molecule has 0 aliphatic rings. The lowest BCUT2D eigenvalue weighted by atomic mass is 10.2. The largest absolute Gasteiger partial charge is 0.456 e. The zero-order valence-corrected chi connectivity index (χ0v) is 9.69. The van der Waals surface area contributed by atoms with E-state index in [1.165, 1.54) is 0 Å². The van der Waals surface area contributed by atoms with Crippen molar-refractivity contribution in [3.8, 4) is 0 Å². The van der Waals surface area contributed by atoms with Gasteiger partial charge >= 0.3 is 5.97 Å². The van der Waals surface area contributed by atoms with Crippen molar-refractivity contribution in [1.29, 1.82) is 0 Å². The molecule has 1 aromatic heterocycles. The minimum atomic E-state index is -0.393. The van der Waals surface area contributed by atoms with E-state index in [0.717, 1.165) is 11.4 Å². The van der Waals surface area contributed by atoms with Crippen molar-refractivity contribution < 1.29 is 9.53 Å². The summed E-state index contributed by atoms with van der Waals surface area (Å²) in [7, 11) is 1.90. The molecule has 0 aliphatic heterocycles. The van der Waals surface area contributed by atoms with Gasteiger partial charge in [-0.1, -0.05) is 12.7 Å². The molecule has 0 bridgehead atoms. The molecule has 1 aromatic rings. The number of hydrogen-bond acceptors (Lipinski definition) is 3. The highest BCUT2D eigenvalue weighted by atomic mass is 16.5. The second-order valence-corrected chi connectivity index (χ2v) is 3.60. The summed E-state index contributed by atoms with van der Waals surface area (Å²) in [5.41, 5.74) is 2.16. The third-order valence-electron chi connectivity index (χ3n) is 2.17. The first-order valence-electron chi connectivity index (χ1n) is 4.98. The molecule has 86 valence electrons. The maximum absolute atomic E-state index is 11.2. The fourth-order valence-electron chi connectivity index (χ4n) is 1.28. The molecule has 4 heteroatoms. The van der Waals surface area contributed by atoms with Crippen molar-refractivity contribution in [2.24, 2.45) is 7.05 Å². The van der Waals surface area contributed by atoms with Crippen LogP contribution in [0.4, 0.5) is 0 Å². The standard InChI is InChI=1S/C12H16N2O2/c1-5-6-11-10(13-8-14(11)4)7-16-12(15)9(2)3/h5,8H,1-2,6-7H2,3-4H3. The summed E-state index contributed by atoms with van der Waals surface area (Å²) in [5.74, 6) is -0.393. The first kappa shape index (κ1) is 12.2. The lowest BCUT2D eigenvalue weighted by molar-refractivity contribution is -0.140. The zero-order valence-electron chi connectivity index (χ0n) is 9.69. The Morgan fingerprint density at radius 1 is 1.69 bits per heavy atom. The minimum absolute atomic E-state index is 0.176. The van der Waals surface area contributed by atoms with E-state index >= 15 is 0 Å². The Labute approximate surface area is 95.3 Å². The van der Waals surface area contributed by atoms with E-state index in [4.69, 9.17) is 4.74 Å². The van der Waals surface area contributed by atoms with Crippen molar-refractivity contribution in [3.05, 3.63) is 42.5 Å². The summed E-state index contributed by atoms with van der Waals surface area (Å²) in [6.07, 6.45) is 4.19. The van der Waals surface area contributed by atoms with Crippen LogP contribution in [0.2, 0.25) is 0 Å². The molecule has 0 amide bonds. The van der Waals surface area contributed by atoms with Crippen LogP contribution in [-0.4, -0.2) is 15.5 Å². The summed E-state index contributed by atoms with van der Waals surface area (Å²) in [5, 5.41) is 0. The Morgan fingerprint density at radius 3 is 2.94 bits per heavy atom. The molecule has 1 rings (SSSR count). The van der Waals surface area contributed by atoms with Gasteiger partial charge in [-0.05, 0) is 6.92 Å². The molecule has 0 aromatic carbocycles. The van der Waals surface area contributed by atoms with E-state index in [9.17, 15) is 4.79 Å². The number of aromatic nitrogens is 2. The van der Waals surface area contributed by atoms with Gasteiger partial charge in [0.15, 0.2) is 0 Å². The van der Waals surface area contributed by atoms with Crippen LogP contribution in [0.15, 0.2) is 31.1 Å². The first-order valence-corrected chi connectivity index (χ1v) is 4.98. The Kier molecular flexibility index (Phi) is 4.05. The van der Waals surface area contributed by atoms with Crippen molar-refractivity contribution in [3.63, 3.8) is 0 Å². The number of esters is 1. The molecule has 0 radical (unpaired) electrons. The molecule has 0 saturated heterocycles. The molecule has 1 heterocycles. The van der Waals surface area contributed by atoms with Crippen molar-refractivity contribution in [1.82, 2.24) is 9.55 Å². The highest BCUT2D eigenvalue weighted by molar-refractivity contribution is 5.86. The Hall–Kier alpha value is -1.84. The van der Waals surface area contributed by atoms with E-state index in [-0.39, 0.29) is 6.61 Å². The highest BCUT2D eigenvalue weighted by Gasteiger charge is 2.10. The van der Waals surface area contributed by atoms with Crippen LogP contribution in [0.3, 0.4) is 0 Å². The average Bonchev–Trinajstić information content (AvgIpc) is 2.58. The number of rotatable bonds is 5. The van der Waals surface area contributed by atoms with E-state index < -0.39 is 5.97 Å². The topological polar surface area (TPSA) is 44.1 Å². The predicted molar refractivity (Wildman–Crippen MR) is 61.7 cm³/mol. The van der Waals surface area contributed by atoms with Gasteiger partial charge in [-0.15, -0.1) is 6.58 Å². The number of hydrogen-bond donors (Lipinski definition) is 0. The summed E-state index contributed by atoms with van der Waals surface area (Å²) in [4.78, 5) is 15.4. The third kappa shape index (κ3) is 2.82. The molecule has 0 atom stereocenters. The number of imidazole rings is 1. The third-order valence-corrected chi connectivity index (χ3v) is 2.17. The monoisotopic (exact) mass is 220 g/mol. The molecular formula is C12H16N2O2. The number of nitrogens with zero attached hydrogens (tertiary/aromatic N) is 2. The van der Waals surface area contributed by atoms with Gasteiger partial charge in [0.2, 0.25) is 0 Å². The van der Waals surface area contributed by atoms with Gasteiger partial charge in [0.05, 0.1) is 12.0 Å². The van der Waals surface area contributed by atoms with Crippen LogP contribution >= 0.6 is 0 Å². The van der Waals surface area contributed by atoms with E-state index in [1.54, 1.807) is 19.3 Å². The van der Waals surface area contributed by atoms with Crippen molar-refractivity contribution >= 4 is 5.97 Å². The highest BCUT2D eigenvalue weighted by Crippen LogP contribution is 2.09. The summed E-state index contributed by atoms with van der Waals surface area (Å²) in [6, 6.07) is 0. The van der Waals surface area contributed by atoms with Crippen molar-refractivity contribution in [2.75, 3.05) is 0 Å². The molecule has 0 N–H and O–H groups in total. The zero-order chi connectivity index (χ0) is 12.1. The fraction of sp³-hybridized carbons (Fsp3) is 0.333. The normalized spacial score (nSPS) is 9.88. The Morgan fingerprint density at radius 2 is 2.38 bits per heavy atom. The van der Waals surface area contributed by atoms with Crippen LogP contribution in [0.5, 0.6) is 0 Å². The summed E-state index contributed by atoms with van der Waals surface area (Å²) < 4.78 is 6.94. The molecule has 0 spiro atoms. The number of allylic oxidation sites excluding steroid dienone is 1. The quantitative estimate of drug-likeness (QED) is 0.431. The number of ether oxygens (including phenoxy) is 1. The molecule has 0 fully saturated rings. The molecule has 0 saturated carbocycles. The van der Waals surface area contributed by atoms with E-state index in [2.05, 4.69) is 18.1 Å². The number of carbonyl (C=O) groups is 1. The van der Waals surface area contributed by atoms with Crippen molar-refractivity contribution in [2.45, 2.75) is 20.0 Å². The van der Waals surface area contributed by atoms with Crippen LogP contribution < -0.4 is 0 Å². The summed E-state index contributed by atoms with van der Waals surface area (Å²) >= 11 is 0. The molecule has 16 heavy (non-hydrogen) atoms. The Bertz CT molecular complexity index is 419. The van der Waals surface area contributed by atoms with Gasteiger partial charge in [0, 0.05) is 24.7 Å². The SMILES string of the molecule is C=CCc1c(COC(=O)C(=C)C)ncn1C. The summed E-state index contributed by atoms with van der Waals surface area (Å²) in [6.45, 7) is 8.99. The minimum Gasteiger partial charge on any atom is -0.456 e. The van der Waals surface area contributed by atoms with E-state index in [1.807, 2.05) is 11.6 Å². The van der Waals surface area contributed by atoms with Gasteiger partial charge < -0.3 is 9.30 Å². The number of carbonyl (C=O) groups excluding carboxylic acids is 1. The van der Waals surface area contributed by atoms with Gasteiger partial charge in [-0.25, -0.2) is 9.78 Å². The Balaban J connectivity index is 2.70. The van der Waals surface area contributed by atoms with Crippen LogP contribution in [0.25, 0.3) is 0 Å². The second kappa shape index (κ2) is 5.30. The molecular weight excluding hydrogens is 204 g/mol. The van der Waals surface area contributed by atoms with Gasteiger partial charge in [-0.2, -0.15) is 0 Å². The molecule has 4 nitrogen and oxygen atoms in total. The van der Waals surface area contributed by atoms with Gasteiger partial charge in [0.25, 0.3) is 0 Å². The second-order valence-electron chi connectivity index (χ2n) is 3.60. The van der Waals surface area contributed by atoms with E-state index in [0.29, 0.717) is 12.0 Å². The lowest BCUT2D eigenvalue weighted by Crippen LogP contribution is -2.07. The van der Waals surface area contributed by atoms with Crippen LogP contribution in [-0.2, 0) is 29.6 Å². The first-order chi connectivity index (χ1) is 7.56. The van der Waals surface area contributed by atoms with Crippen LogP contribution in [0.1, 0.15) is 18.3 Å². The van der Waals surface area contributed by atoms with Gasteiger partial charge in [0.1, 0.15) is 6.61 Å². The molecule has 0 aliphatic carbocycles. The smallest absolute Gasteiger partial charge is 0.333 e. The lowest BCUT2D eigenvalue weighted by Gasteiger charge is -2.05. The maximum atomic E-state index is 11.2. The fourth-order valence-corrected chi connectivity index (χ4v) is 1.28. The van der Waals surface area contributed by atoms with Crippen LogP contribution in [0, 0.1) is 0 Å². The maximum Gasteiger partial charge on any atom is 0.333 e.